The predicted molar refractivity (Wildman–Crippen MR) is 73.8 cm³/mol. The fourth-order valence-electron chi connectivity index (χ4n) is 2.51. The molecular weight excluding hydrogens is 226 g/mol. The van der Waals surface area contributed by atoms with Gasteiger partial charge in [0, 0.05) is 39.5 Å². The van der Waals surface area contributed by atoms with Crippen LogP contribution in [0, 0.1) is 5.92 Å². The minimum Gasteiger partial charge on any atom is -0.381 e. The lowest BCUT2D eigenvalue weighted by Gasteiger charge is -2.29. The Morgan fingerprint density at radius 2 is 2.22 bits per heavy atom. The van der Waals surface area contributed by atoms with E-state index < -0.39 is 0 Å². The highest BCUT2D eigenvalue weighted by Gasteiger charge is 2.17. The first-order chi connectivity index (χ1) is 8.81. The highest BCUT2D eigenvalue weighted by Crippen LogP contribution is 2.22. The fourth-order valence-corrected chi connectivity index (χ4v) is 2.51. The lowest BCUT2D eigenvalue weighted by atomic mass is 9.99. The van der Waals surface area contributed by atoms with Crippen LogP contribution in [0.3, 0.4) is 0 Å². The van der Waals surface area contributed by atoms with Gasteiger partial charge in [0.05, 0.1) is 11.9 Å². The first kappa shape index (κ1) is 13.3. The number of hydrogen-bond acceptors (Lipinski definition) is 4. The Bertz CT molecular complexity index is 364. The van der Waals surface area contributed by atoms with Crippen LogP contribution < -0.4 is 10.2 Å². The molecule has 4 nitrogen and oxygen atoms in total. The van der Waals surface area contributed by atoms with Gasteiger partial charge in [0.15, 0.2) is 0 Å². The normalized spacial score (nSPS) is 16.8. The molecule has 1 aromatic heterocycles. The number of aromatic nitrogens is 1. The molecule has 4 heteroatoms. The molecule has 2 heterocycles. The summed E-state index contributed by atoms with van der Waals surface area (Å²) < 4.78 is 5.41. The molecule has 0 aliphatic carbocycles. The van der Waals surface area contributed by atoms with E-state index in [2.05, 4.69) is 28.3 Å². The molecule has 0 bridgehead atoms. The number of rotatable bonds is 5. The third-order valence-electron chi connectivity index (χ3n) is 3.54. The average molecular weight is 249 g/mol. The Kier molecular flexibility index (Phi) is 4.96. The van der Waals surface area contributed by atoms with Crippen molar-refractivity contribution in [1.29, 1.82) is 0 Å². The SMILES string of the molecule is CNCc1ccncc1N(C)CC1CCOCC1. The zero-order valence-corrected chi connectivity index (χ0v) is 11.4. The molecule has 1 saturated heterocycles. The van der Waals surface area contributed by atoms with Gasteiger partial charge in [-0.3, -0.25) is 4.98 Å². The molecule has 0 saturated carbocycles. The van der Waals surface area contributed by atoms with E-state index in [-0.39, 0.29) is 0 Å². The zero-order chi connectivity index (χ0) is 12.8. The summed E-state index contributed by atoms with van der Waals surface area (Å²) in [4.78, 5) is 6.58. The van der Waals surface area contributed by atoms with Crippen molar-refractivity contribution < 1.29 is 4.74 Å². The Labute approximate surface area is 109 Å². The molecule has 0 atom stereocenters. The summed E-state index contributed by atoms with van der Waals surface area (Å²) >= 11 is 0. The van der Waals surface area contributed by atoms with Gasteiger partial charge in [0.25, 0.3) is 0 Å². The van der Waals surface area contributed by atoms with E-state index in [0.29, 0.717) is 0 Å². The van der Waals surface area contributed by atoms with Crippen LogP contribution in [0.15, 0.2) is 18.5 Å². The maximum Gasteiger partial charge on any atom is 0.0595 e. The molecule has 18 heavy (non-hydrogen) atoms. The van der Waals surface area contributed by atoms with Gasteiger partial charge >= 0.3 is 0 Å². The average Bonchev–Trinajstić information content (AvgIpc) is 2.41. The minimum atomic E-state index is 0.742. The molecule has 1 fully saturated rings. The van der Waals surface area contributed by atoms with Gasteiger partial charge in [0.2, 0.25) is 0 Å². The van der Waals surface area contributed by atoms with Crippen LogP contribution in [0.1, 0.15) is 18.4 Å². The largest absolute Gasteiger partial charge is 0.381 e. The summed E-state index contributed by atoms with van der Waals surface area (Å²) in [6, 6.07) is 2.09. The molecule has 0 radical (unpaired) electrons. The third-order valence-corrected chi connectivity index (χ3v) is 3.54. The summed E-state index contributed by atoms with van der Waals surface area (Å²) in [5.41, 5.74) is 2.54. The zero-order valence-electron chi connectivity index (χ0n) is 11.4. The smallest absolute Gasteiger partial charge is 0.0595 e. The second-order valence-electron chi connectivity index (χ2n) is 4.97. The summed E-state index contributed by atoms with van der Waals surface area (Å²) in [7, 11) is 4.13. The van der Waals surface area contributed by atoms with E-state index in [4.69, 9.17) is 4.74 Å². The molecule has 1 N–H and O–H groups in total. The molecule has 0 unspecified atom stereocenters. The van der Waals surface area contributed by atoms with Crippen LogP contribution in [0.4, 0.5) is 5.69 Å². The third kappa shape index (κ3) is 3.43. The van der Waals surface area contributed by atoms with Crippen molar-refractivity contribution in [2.45, 2.75) is 19.4 Å². The number of pyridine rings is 1. The van der Waals surface area contributed by atoms with Crippen LogP contribution in [0.2, 0.25) is 0 Å². The van der Waals surface area contributed by atoms with Gasteiger partial charge in [-0.2, -0.15) is 0 Å². The molecule has 1 aromatic rings. The molecule has 1 aliphatic heterocycles. The fraction of sp³-hybridized carbons (Fsp3) is 0.643. The van der Waals surface area contributed by atoms with Gasteiger partial charge in [-0.05, 0) is 37.4 Å². The maximum absolute atomic E-state index is 5.41. The Hall–Kier alpha value is -1.13. The maximum atomic E-state index is 5.41. The van der Waals surface area contributed by atoms with Gasteiger partial charge in [0.1, 0.15) is 0 Å². The molecule has 0 spiro atoms. The molecule has 2 rings (SSSR count). The van der Waals surface area contributed by atoms with Crippen molar-refractivity contribution in [2.75, 3.05) is 38.8 Å². The highest BCUT2D eigenvalue weighted by atomic mass is 16.5. The van der Waals surface area contributed by atoms with Crippen molar-refractivity contribution in [1.82, 2.24) is 10.3 Å². The highest BCUT2D eigenvalue weighted by molar-refractivity contribution is 5.51. The van der Waals surface area contributed by atoms with E-state index in [0.717, 1.165) is 32.2 Å². The van der Waals surface area contributed by atoms with E-state index >= 15 is 0 Å². The lowest BCUT2D eigenvalue weighted by molar-refractivity contribution is 0.0685. The number of nitrogens with one attached hydrogen (secondary N) is 1. The molecule has 1 aliphatic rings. The van der Waals surface area contributed by atoms with Gasteiger partial charge in [-0.15, -0.1) is 0 Å². The van der Waals surface area contributed by atoms with Crippen molar-refractivity contribution in [3.05, 3.63) is 24.0 Å². The monoisotopic (exact) mass is 249 g/mol. The molecular formula is C14H23N3O. The Balaban J connectivity index is 2.00. The van der Waals surface area contributed by atoms with E-state index in [1.54, 1.807) is 0 Å². The number of ether oxygens (including phenoxy) is 1. The van der Waals surface area contributed by atoms with Gasteiger partial charge in [-0.25, -0.2) is 0 Å². The van der Waals surface area contributed by atoms with Crippen molar-refractivity contribution in [2.24, 2.45) is 5.92 Å². The van der Waals surface area contributed by atoms with Crippen LogP contribution in [-0.4, -0.2) is 38.8 Å². The molecule has 0 amide bonds. The van der Waals surface area contributed by atoms with E-state index in [1.165, 1.54) is 24.1 Å². The van der Waals surface area contributed by atoms with E-state index in [9.17, 15) is 0 Å². The van der Waals surface area contributed by atoms with Gasteiger partial charge < -0.3 is 15.0 Å². The first-order valence-corrected chi connectivity index (χ1v) is 6.67. The molecule has 100 valence electrons. The van der Waals surface area contributed by atoms with Crippen LogP contribution >= 0.6 is 0 Å². The number of nitrogens with zero attached hydrogens (tertiary/aromatic N) is 2. The second-order valence-corrected chi connectivity index (χ2v) is 4.97. The van der Waals surface area contributed by atoms with Crippen LogP contribution in [0.25, 0.3) is 0 Å². The Morgan fingerprint density at radius 3 is 2.94 bits per heavy atom. The molecule has 0 aromatic carbocycles. The number of anilines is 1. The summed E-state index contributed by atoms with van der Waals surface area (Å²) in [6.07, 6.45) is 6.17. The standard InChI is InChI=1S/C14H23N3O/c1-15-9-13-3-6-16-10-14(13)17(2)11-12-4-7-18-8-5-12/h3,6,10,12,15H,4-5,7-9,11H2,1-2H3. The summed E-state index contributed by atoms with van der Waals surface area (Å²) in [5, 5.41) is 3.21. The van der Waals surface area contributed by atoms with Crippen LogP contribution in [0.5, 0.6) is 0 Å². The Morgan fingerprint density at radius 1 is 1.44 bits per heavy atom. The first-order valence-electron chi connectivity index (χ1n) is 6.67. The number of hydrogen-bond donors (Lipinski definition) is 1. The summed E-state index contributed by atoms with van der Waals surface area (Å²) in [5.74, 6) is 0.742. The minimum absolute atomic E-state index is 0.742. The second kappa shape index (κ2) is 6.71. The van der Waals surface area contributed by atoms with Crippen molar-refractivity contribution in [3.8, 4) is 0 Å². The van der Waals surface area contributed by atoms with Crippen molar-refractivity contribution in [3.63, 3.8) is 0 Å². The van der Waals surface area contributed by atoms with Gasteiger partial charge in [-0.1, -0.05) is 0 Å². The topological polar surface area (TPSA) is 37.4 Å². The van der Waals surface area contributed by atoms with E-state index in [1.807, 2.05) is 19.4 Å². The van der Waals surface area contributed by atoms with Crippen molar-refractivity contribution >= 4 is 5.69 Å². The predicted octanol–water partition coefficient (Wildman–Crippen LogP) is 1.66. The lowest BCUT2D eigenvalue weighted by Crippen LogP contribution is -2.30. The van der Waals surface area contributed by atoms with Crippen LogP contribution in [-0.2, 0) is 11.3 Å². The quantitative estimate of drug-likeness (QED) is 0.861. The summed E-state index contributed by atoms with van der Waals surface area (Å²) in [6.45, 7) is 3.80.